The number of rotatable bonds is 1. The Hall–Kier alpha value is -1.73. The highest BCUT2D eigenvalue weighted by Crippen LogP contribution is 2.21. The summed E-state index contributed by atoms with van der Waals surface area (Å²) in [6.07, 6.45) is 7.02. The van der Waals surface area contributed by atoms with Crippen molar-refractivity contribution in [1.82, 2.24) is 14.5 Å². The number of fused-ring (bicyclic) bond motifs is 1. The molecule has 0 atom stereocenters. The molecule has 0 spiro atoms. The molecule has 70 valence electrons. The first-order valence-electron chi connectivity index (χ1n) is 3.93. The summed E-state index contributed by atoms with van der Waals surface area (Å²) in [4.78, 5) is 7.91. The number of nitrogens with zero attached hydrogens (tertiary/aromatic N) is 3. The van der Waals surface area contributed by atoms with Crippen LogP contribution in [0, 0.1) is 12.3 Å². The molecule has 0 aliphatic carbocycles. The summed E-state index contributed by atoms with van der Waals surface area (Å²) in [6, 6.07) is 1.81. The van der Waals surface area contributed by atoms with E-state index in [1.54, 1.807) is 4.57 Å². The fraction of sp³-hybridized carbons (Fsp3) is 0.111. The maximum atomic E-state index is 5.88. The van der Waals surface area contributed by atoms with Gasteiger partial charge in [-0.15, -0.1) is 6.42 Å². The highest BCUT2D eigenvalue weighted by atomic mass is 35.5. The first-order valence-corrected chi connectivity index (χ1v) is 4.31. The minimum Gasteiger partial charge on any atom is -0.368 e. The Labute approximate surface area is 85.7 Å². The normalized spacial score (nSPS) is 10.3. The van der Waals surface area contributed by atoms with Crippen LogP contribution in [0.4, 0.5) is 5.95 Å². The van der Waals surface area contributed by atoms with E-state index in [1.807, 2.05) is 12.3 Å². The summed E-state index contributed by atoms with van der Waals surface area (Å²) in [5, 5.41) is 1.11. The minimum atomic E-state index is 0.152. The van der Waals surface area contributed by atoms with Crippen LogP contribution in [0.25, 0.3) is 11.0 Å². The Morgan fingerprint density at radius 3 is 3.07 bits per heavy atom. The zero-order valence-electron chi connectivity index (χ0n) is 7.24. The molecule has 0 amide bonds. The Morgan fingerprint density at radius 2 is 2.36 bits per heavy atom. The Bertz CT molecular complexity index is 523. The van der Waals surface area contributed by atoms with Crippen LogP contribution in [0.1, 0.15) is 0 Å². The number of aromatic nitrogens is 3. The third-order valence-corrected chi connectivity index (χ3v) is 2.14. The maximum Gasteiger partial charge on any atom is 0.223 e. The highest BCUT2D eigenvalue weighted by Gasteiger charge is 2.07. The number of anilines is 1. The second-order valence-corrected chi connectivity index (χ2v) is 3.12. The molecule has 0 saturated carbocycles. The summed E-state index contributed by atoms with van der Waals surface area (Å²) in [5.41, 5.74) is 6.14. The zero-order valence-corrected chi connectivity index (χ0v) is 7.99. The monoisotopic (exact) mass is 206 g/mol. The summed E-state index contributed by atoms with van der Waals surface area (Å²) in [5.74, 6) is 2.67. The molecule has 0 radical (unpaired) electrons. The van der Waals surface area contributed by atoms with Gasteiger partial charge < -0.3 is 10.3 Å². The van der Waals surface area contributed by atoms with Gasteiger partial charge in [-0.05, 0) is 6.07 Å². The summed E-state index contributed by atoms with van der Waals surface area (Å²) < 4.78 is 1.79. The molecule has 0 aliphatic heterocycles. The molecule has 14 heavy (non-hydrogen) atoms. The number of nitrogen functional groups attached to an aromatic ring is 1. The molecule has 2 heterocycles. The van der Waals surface area contributed by atoms with Crippen LogP contribution in [0.2, 0.25) is 5.15 Å². The van der Waals surface area contributed by atoms with E-state index in [0.717, 1.165) is 5.39 Å². The summed E-state index contributed by atoms with van der Waals surface area (Å²) >= 11 is 5.88. The average Bonchev–Trinajstić information content (AvgIpc) is 2.49. The fourth-order valence-electron chi connectivity index (χ4n) is 1.27. The maximum absolute atomic E-state index is 5.88. The van der Waals surface area contributed by atoms with Gasteiger partial charge in [-0.25, -0.2) is 4.98 Å². The lowest BCUT2D eigenvalue weighted by atomic mass is 10.4. The van der Waals surface area contributed by atoms with Crippen LogP contribution in [0.5, 0.6) is 0 Å². The predicted octanol–water partition coefficient (Wildman–Crippen LogP) is 1.30. The van der Waals surface area contributed by atoms with E-state index in [4.69, 9.17) is 23.8 Å². The van der Waals surface area contributed by atoms with Crippen LogP contribution < -0.4 is 5.73 Å². The highest BCUT2D eigenvalue weighted by molar-refractivity contribution is 6.34. The number of halogens is 1. The van der Waals surface area contributed by atoms with Crippen molar-refractivity contribution in [2.45, 2.75) is 6.54 Å². The Kier molecular flexibility index (Phi) is 2.02. The van der Waals surface area contributed by atoms with Crippen molar-refractivity contribution in [2.75, 3.05) is 5.73 Å². The van der Waals surface area contributed by atoms with Crippen molar-refractivity contribution in [3.63, 3.8) is 0 Å². The first kappa shape index (κ1) is 8.85. The van der Waals surface area contributed by atoms with Crippen LogP contribution in [-0.4, -0.2) is 14.5 Å². The van der Waals surface area contributed by atoms with E-state index < -0.39 is 0 Å². The summed E-state index contributed by atoms with van der Waals surface area (Å²) in [6.45, 7) is 0.441. The second-order valence-electron chi connectivity index (χ2n) is 2.76. The van der Waals surface area contributed by atoms with Gasteiger partial charge >= 0.3 is 0 Å². The molecule has 0 unspecified atom stereocenters. The molecule has 0 aromatic carbocycles. The van der Waals surface area contributed by atoms with Gasteiger partial charge in [-0.2, -0.15) is 4.98 Å². The molecule has 2 N–H and O–H groups in total. The molecule has 4 nitrogen and oxygen atoms in total. The quantitative estimate of drug-likeness (QED) is 0.565. The molecule has 5 heteroatoms. The van der Waals surface area contributed by atoms with E-state index in [0.29, 0.717) is 17.3 Å². The average molecular weight is 207 g/mol. The van der Waals surface area contributed by atoms with Gasteiger partial charge in [0.15, 0.2) is 0 Å². The van der Waals surface area contributed by atoms with Crippen molar-refractivity contribution in [2.24, 2.45) is 0 Å². The molecule has 0 bridgehead atoms. The van der Waals surface area contributed by atoms with Crippen LogP contribution in [0.3, 0.4) is 0 Å². The van der Waals surface area contributed by atoms with Crippen LogP contribution in [-0.2, 0) is 6.54 Å². The number of hydrogen-bond donors (Lipinski definition) is 1. The lowest BCUT2D eigenvalue weighted by molar-refractivity contribution is 0.870. The molecule has 2 rings (SSSR count). The third-order valence-electron chi connectivity index (χ3n) is 1.85. The van der Waals surface area contributed by atoms with Gasteiger partial charge in [0, 0.05) is 6.20 Å². The van der Waals surface area contributed by atoms with E-state index in [9.17, 15) is 0 Å². The third kappa shape index (κ3) is 1.28. The van der Waals surface area contributed by atoms with Crippen molar-refractivity contribution < 1.29 is 0 Å². The number of terminal acetylenes is 1. The largest absolute Gasteiger partial charge is 0.368 e. The second kappa shape index (κ2) is 3.20. The zero-order chi connectivity index (χ0) is 10.1. The smallest absolute Gasteiger partial charge is 0.223 e. The number of hydrogen-bond acceptors (Lipinski definition) is 3. The van der Waals surface area contributed by atoms with Crippen molar-refractivity contribution in [1.29, 1.82) is 0 Å². The van der Waals surface area contributed by atoms with E-state index >= 15 is 0 Å². The van der Waals surface area contributed by atoms with E-state index in [1.165, 1.54) is 0 Å². The van der Waals surface area contributed by atoms with Gasteiger partial charge in [-0.3, -0.25) is 0 Å². The van der Waals surface area contributed by atoms with Gasteiger partial charge in [0.25, 0.3) is 0 Å². The molecule has 2 aromatic rings. The van der Waals surface area contributed by atoms with Crippen molar-refractivity contribution in [3.05, 3.63) is 17.4 Å². The lowest BCUT2D eigenvalue weighted by Crippen LogP contribution is -2.00. The molecule has 0 fully saturated rings. The van der Waals surface area contributed by atoms with Crippen molar-refractivity contribution in [3.8, 4) is 12.3 Å². The molecule has 0 aliphatic rings. The SMILES string of the molecule is C#CCn1ccc2c(Cl)nc(N)nc21. The molecular formula is C9H7ClN4. The fourth-order valence-corrected chi connectivity index (χ4v) is 1.50. The lowest BCUT2D eigenvalue weighted by Gasteiger charge is -2.00. The van der Waals surface area contributed by atoms with E-state index in [2.05, 4.69) is 15.9 Å². The number of nitrogens with two attached hydrogens (primary N) is 1. The molecular weight excluding hydrogens is 200 g/mol. The first-order chi connectivity index (χ1) is 6.72. The van der Waals surface area contributed by atoms with Crippen LogP contribution >= 0.6 is 11.6 Å². The minimum absolute atomic E-state index is 0.152. The summed E-state index contributed by atoms with van der Waals surface area (Å²) in [7, 11) is 0. The van der Waals surface area contributed by atoms with E-state index in [-0.39, 0.29) is 5.95 Å². The topological polar surface area (TPSA) is 56.7 Å². The molecule has 2 aromatic heterocycles. The van der Waals surface area contributed by atoms with Gasteiger partial charge in [0.1, 0.15) is 10.8 Å². The predicted molar refractivity (Wildman–Crippen MR) is 55.8 cm³/mol. The van der Waals surface area contributed by atoms with Crippen molar-refractivity contribution >= 4 is 28.6 Å². The van der Waals surface area contributed by atoms with Crippen LogP contribution in [0.15, 0.2) is 12.3 Å². The van der Waals surface area contributed by atoms with Gasteiger partial charge in [-0.1, -0.05) is 17.5 Å². The Morgan fingerprint density at radius 1 is 1.57 bits per heavy atom. The molecule has 0 saturated heterocycles. The Balaban J connectivity index is 2.73. The standard InChI is InChI=1S/C9H7ClN4/c1-2-4-14-5-3-6-7(10)12-9(11)13-8(6)14/h1,3,5H,4H2,(H2,11,12,13). The van der Waals surface area contributed by atoms with Gasteiger partial charge in [0.05, 0.1) is 11.9 Å². The van der Waals surface area contributed by atoms with Gasteiger partial charge in [0.2, 0.25) is 5.95 Å².